The monoisotopic (exact) mass is 261 g/mol. The first kappa shape index (κ1) is 15.0. The van der Waals surface area contributed by atoms with Gasteiger partial charge in [0.15, 0.2) is 9.84 Å². The molecule has 0 unspecified atom stereocenters. The highest BCUT2D eigenvalue weighted by atomic mass is 32.2. The number of nitrogens with one attached hydrogen (secondary N) is 1. The van der Waals surface area contributed by atoms with Crippen molar-refractivity contribution in [1.82, 2.24) is 5.32 Å². The summed E-state index contributed by atoms with van der Waals surface area (Å²) in [6.45, 7) is 4.52. The van der Waals surface area contributed by atoms with E-state index in [0.717, 1.165) is 13.0 Å². The van der Waals surface area contributed by atoms with Gasteiger partial charge in [-0.3, -0.25) is 0 Å². The second-order valence-electron chi connectivity index (χ2n) is 5.76. The van der Waals surface area contributed by atoms with Crippen LogP contribution in [0.25, 0.3) is 0 Å². The SMILES string of the molecule is CNCC1(CCS(=O)(=O)C(C)C)CCCCC1. The van der Waals surface area contributed by atoms with Crippen molar-refractivity contribution in [3.8, 4) is 0 Å². The molecule has 1 fully saturated rings. The van der Waals surface area contributed by atoms with Gasteiger partial charge in [-0.15, -0.1) is 0 Å². The fourth-order valence-corrected chi connectivity index (χ4v) is 3.98. The van der Waals surface area contributed by atoms with Crippen molar-refractivity contribution in [3.05, 3.63) is 0 Å². The molecule has 0 bridgehead atoms. The Bertz CT molecular complexity index is 311. The second-order valence-corrected chi connectivity index (χ2v) is 8.43. The molecule has 1 aliphatic carbocycles. The fraction of sp³-hybridized carbons (Fsp3) is 1.00. The van der Waals surface area contributed by atoms with E-state index in [0.29, 0.717) is 5.75 Å². The van der Waals surface area contributed by atoms with Crippen molar-refractivity contribution in [3.63, 3.8) is 0 Å². The van der Waals surface area contributed by atoms with Crippen LogP contribution in [0.4, 0.5) is 0 Å². The Morgan fingerprint density at radius 3 is 2.24 bits per heavy atom. The maximum absolute atomic E-state index is 11.9. The molecule has 102 valence electrons. The molecule has 17 heavy (non-hydrogen) atoms. The van der Waals surface area contributed by atoms with E-state index in [9.17, 15) is 8.42 Å². The maximum atomic E-state index is 11.9. The topological polar surface area (TPSA) is 46.2 Å². The molecule has 0 heterocycles. The zero-order valence-electron chi connectivity index (χ0n) is 11.5. The lowest BCUT2D eigenvalue weighted by atomic mass is 9.72. The average Bonchev–Trinajstić information content (AvgIpc) is 2.28. The third-order valence-electron chi connectivity index (χ3n) is 4.10. The van der Waals surface area contributed by atoms with Crippen LogP contribution < -0.4 is 5.32 Å². The van der Waals surface area contributed by atoms with Gasteiger partial charge < -0.3 is 5.32 Å². The Labute approximate surface area is 106 Å². The molecule has 0 aromatic carbocycles. The zero-order chi connectivity index (χ0) is 12.9. The van der Waals surface area contributed by atoms with E-state index >= 15 is 0 Å². The summed E-state index contributed by atoms with van der Waals surface area (Å²) >= 11 is 0. The molecular formula is C13H27NO2S. The summed E-state index contributed by atoms with van der Waals surface area (Å²) in [7, 11) is -0.916. The third kappa shape index (κ3) is 4.25. The number of hydrogen-bond acceptors (Lipinski definition) is 3. The molecule has 0 amide bonds. The highest BCUT2D eigenvalue weighted by Crippen LogP contribution is 2.39. The van der Waals surface area contributed by atoms with Gasteiger partial charge in [0.1, 0.15) is 0 Å². The first-order chi connectivity index (χ1) is 7.92. The summed E-state index contributed by atoms with van der Waals surface area (Å²) in [6.07, 6.45) is 7.01. The van der Waals surface area contributed by atoms with Gasteiger partial charge in [0.25, 0.3) is 0 Å². The predicted molar refractivity (Wildman–Crippen MR) is 73.0 cm³/mol. The lowest BCUT2D eigenvalue weighted by Crippen LogP contribution is -2.37. The van der Waals surface area contributed by atoms with Crippen LogP contribution in [-0.2, 0) is 9.84 Å². The Hall–Kier alpha value is -0.0900. The summed E-state index contributed by atoms with van der Waals surface area (Å²) < 4.78 is 23.8. The fourth-order valence-electron chi connectivity index (χ4n) is 2.79. The molecule has 1 N–H and O–H groups in total. The van der Waals surface area contributed by atoms with Gasteiger partial charge in [-0.1, -0.05) is 19.3 Å². The van der Waals surface area contributed by atoms with Crippen molar-refractivity contribution in [1.29, 1.82) is 0 Å². The molecule has 1 saturated carbocycles. The smallest absolute Gasteiger partial charge is 0.152 e. The first-order valence-electron chi connectivity index (χ1n) is 6.78. The highest BCUT2D eigenvalue weighted by molar-refractivity contribution is 7.91. The minimum absolute atomic E-state index is 0.231. The Balaban J connectivity index is 2.61. The van der Waals surface area contributed by atoms with Crippen LogP contribution in [0.5, 0.6) is 0 Å². The van der Waals surface area contributed by atoms with Crippen LogP contribution >= 0.6 is 0 Å². The van der Waals surface area contributed by atoms with Gasteiger partial charge in [-0.25, -0.2) is 8.42 Å². The summed E-state index contributed by atoms with van der Waals surface area (Å²) in [5.74, 6) is 0.354. The number of sulfone groups is 1. The second kappa shape index (κ2) is 6.19. The van der Waals surface area contributed by atoms with E-state index in [-0.39, 0.29) is 10.7 Å². The summed E-state index contributed by atoms with van der Waals surface area (Å²) in [4.78, 5) is 0. The van der Waals surface area contributed by atoms with Crippen LogP contribution in [-0.4, -0.2) is 33.0 Å². The lowest BCUT2D eigenvalue weighted by molar-refractivity contribution is 0.179. The van der Waals surface area contributed by atoms with E-state index in [1.165, 1.54) is 32.1 Å². The molecule has 0 aliphatic heterocycles. The Morgan fingerprint density at radius 1 is 1.18 bits per heavy atom. The predicted octanol–water partition coefficient (Wildman–Crippen LogP) is 2.37. The van der Waals surface area contributed by atoms with Crippen LogP contribution in [0.15, 0.2) is 0 Å². The summed E-state index contributed by atoms with van der Waals surface area (Å²) in [5.41, 5.74) is 0.231. The van der Waals surface area contributed by atoms with Gasteiger partial charge >= 0.3 is 0 Å². The normalized spacial score (nSPS) is 20.7. The van der Waals surface area contributed by atoms with E-state index in [1.54, 1.807) is 13.8 Å². The first-order valence-corrected chi connectivity index (χ1v) is 8.50. The minimum atomic E-state index is -2.88. The van der Waals surface area contributed by atoms with Crippen LogP contribution in [0.2, 0.25) is 0 Å². The zero-order valence-corrected chi connectivity index (χ0v) is 12.3. The molecule has 1 rings (SSSR count). The highest BCUT2D eigenvalue weighted by Gasteiger charge is 2.33. The molecule has 3 nitrogen and oxygen atoms in total. The van der Waals surface area contributed by atoms with Crippen LogP contribution in [0, 0.1) is 5.41 Å². The molecule has 0 atom stereocenters. The average molecular weight is 261 g/mol. The molecule has 0 saturated heterocycles. The minimum Gasteiger partial charge on any atom is -0.319 e. The lowest BCUT2D eigenvalue weighted by Gasteiger charge is -2.37. The van der Waals surface area contributed by atoms with Gasteiger partial charge in [-0.05, 0) is 45.6 Å². The van der Waals surface area contributed by atoms with Crippen LogP contribution in [0.1, 0.15) is 52.4 Å². The van der Waals surface area contributed by atoms with E-state index in [2.05, 4.69) is 5.32 Å². The third-order valence-corrected chi connectivity index (χ3v) is 6.31. The van der Waals surface area contributed by atoms with Crippen molar-refractivity contribution in [2.45, 2.75) is 57.6 Å². The maximum Gasteiger partial charge on any atom is 0.152 e. The molecule has 0 radical (unpaired) electrons. The van der Waals surface area contributed by atoms with Crippen molar-refractivity contribution in [2.24, 2.45) is 5.41 Å². The van der Waals surface area contributed by atoms with E-state index < -0.39 is 9.84 Å². The quantitative estimate of drug-likeness (QED) is 0.798. The van der Waals surface area contributed by atoms with Crippen LogP contribution in [0.3, 0.4) is 0 Å². The van der Waals surface area contributed by atoms with Crippen molar-refractivity contribution >= 4 is 9.84 Å². The number of rotatable bonds is 6. The largest absolute Gasteiger partial charge is 0.319 e. The van der Waals surface area contributed by atoms with Crippen molar-refractivity contribution in [2.75, 3.05) is 19.3 Å². The van der Waals surface area contributed by atoms with E-state index in [4.69, 9.17) is 0 Å². The number of hydrogen-bond donors (Lipinski definition) is 1. The molecule has 4 heteroatoms. The summed E-state index contributed by atoms with van der Waals surface area (Å²) in [5, 5.41) is 3.01. The molecule has 0 aromatic rings. The standard InChI is InChI=1S/C13H27NO2S/c1-12(2)17(15,16)10-9-13(11-14-3)7-5-4-6-8-13/h12,14H,4-11H2,1-3H3. The Morgan fingerprint density at radius 2 is 1.76 bits per heavy atom. The molecule has 0 spiro atoms. The van der Waals surface area contributed by atoms with E-state index in [1.807, 2.05) is 7.05 Å². The molecular weight excluding hydrogens is 234 g/mol. The molecule has 0 aromatic heterocycles. The van der Waals surface area contributed by atoms with Gasteiger partial charge in [-0.2, -0.15) is 0 Å². The van der Waals surface area contributed by atoms with Gasteiger partial charge in [0.2, 0.25) is 0 Å². The van der Waals surface area contributed by atoms with Gasteiger partial charge in [0.05, 0.1) is 11.0 Å². The van der Waals surface area contributed by atoms with Gasteiger partial charge in [0, 0.05) is 6.54 Å². The Kier molecular flexibility index (Phi) is 5.45. The summed E-state index contributed by atoms with van der Waals surface area (Å²) in [6, 6.07) is 0. The van der Waals surface area contributed by atoms with Crippen molar-refractivity contribution < 1.29 is 8.42 Å². The molecule has 1 aliphatic rings.